The number of aryl methyl sites for hydroxylation is 1. The van der Waals surface area contributed by atoms with Gasteiger partial charge in [0.25, 0.3) is 5.91 Å². The Bertz CT molecular complexity index is 707. The number of amides is 1. The molecule has 1 atom stereocenters. The zero-order valence-electron chi connectivity index (χ0n) is 11.4. The summed E-state index contributed by atoms with van der Waals surface area (Å²) in [5.74, 6) is -0.922. The van der Waals surface area contributed by atoms with Gasteiger partial charge in [-0.25, -0.2) is 4.79 Å². The largest absolute Gasteiger partial charge is 0.480 e. The molecule has 0 saturated carbocycles. The van der Waals surface area contributed by atoms with Gasteiger partial charge in [0.15, 0.2) is 5.69 Å². The number of carbonyl (C=O) groups is 2. The topological polar surface area (TPSA) is 83.6 Å². The fraction of sp³-hybridized carbons (Fsp3) is 0.267. The monoisotopic (exact) mass is 286 g/mol. The van der Waals surface area contributed by atoms with Crippen molar-refractivity contribution in [3.05, 3.63) is 52.9 Å². The highest BCUT2D eigenvalue weighted by molar-refractivity contribution is 5.95. The third-order valence-corrected chi connectivity index (χ3v) is 3.64. The van der Waals surface area contributed by atoms with Crippen molar-refractivity contribution in [1.82, 2.24) is 10.1 Å². The van der Waals surface area contributed by atoms with E-state index in [0.29, 0.717) is 12.2 Å². The molecule has 1 N–H and O–H groups in total. The van der Waals surface area contributed by atoms with E-state index in [2.05, 4.69) is 5.16 Å². The summed E-state index contributed by atoms with van der Waals surface area (Å²) >= 11 is 0. The lowest BCUT2D eigenvalue weighted by atomic mass is 9.93. The van der Waals surface area contributed by atoms with Crippen LogP contribution >= 0.6 is 0 Å². The second-order valence-corrected chi connectivity index (χ2v) is 5.08. The van der Waals surface area contributed by atoms with Crippen molar-refractivity contribution in [3.63, 3.8) is 0 Å². The molecule has 1 aliphatic rings. The van der Waals surface area contributed by atoms with E-state index in [0.717, 1.165) is 11.1 Å². The third-order valence-electron chi connectivity index (χ3n) is 3.64. The van der Waals surface area contributed by atoms with Crippen LogP contribution in [0.3, 0.4) is 0 Å². The number of carbonyl (C=O) groups excluding carboxylic acids is 1. The molecule has 1 aromatic heterocycles. The summed E-state index contributed by atoms with van der Waals surface area (Å²) in [5.41, 5.74) is 2.06. The maximum absolute atomic E-state index is 12.5. The average Bonchev–Trinajstić information content (AvgIpc) is 2.91. The van der Waals surface area contributed by atoms with Gasteiger partial charge in [-0.1, -0.05) is 29.4 Å². The van der Waals surface area contributed by atoms with E-state index in [1.807, 2.05) is 24.3 Å². The molecule has 21 heavy (non-hydrogen) atoms. The number of benzene rings is 1. The Labute approximate surface area is 121 Å². The van der Waals surface area contributed by atoms with Gasteiger partial charge in [0.05, 0.1) is 0 Å². The summed E-state index contributed by atoms with van der Waals surface area (Å²) in [4.78, 5) is 25.3. The lowest BCUT2D eigenvalue weighted by Gasteiger charge is -2.33. The SMILES string of the molecule is Cc1cc(C(=O)N2Cc3ccccc3C[C@H]2C(=O)O)no1. The van der Waals surface area contributed by atoms with Crippen molar-refractivity contribution in [2.24, 2.45) is 0 Å². The Morgan fingerprint density at radius 3 is 2.67 bits per heavy atom. The summed E-state index contributed by atoms with van der Waals surface area (Å²) in [6.45, 7) is 1.95. The van der Waals surface area contributed by atoms with Crippen molar-refractivity contribution < 1.29 is 19.2 Å². The maximum atomic E-state index is 12.5. The normalized spacial score (nSPS) is 17.4. The van der Waals surface area contributed by atoms with E-state index in [1.54, 1.807) is 6.92 Å². The van der Waals surface area contributed by atoms with Crippen molar-refractivity contribution in [2.45, 2.75) is 25.9 Å². The van der Waals surface area contributed by atoms with Crippen molar-refractivity contribution in [2.75, 3.05) is 0 Å². The number of nitrogens with zero attached hydrogens (tertiary/aromatic N) is 2. The van der Waals surface area contributed by atoms with Crippen LogP contribution < -0.4 is 0 Å². The van der Waals surface area contributed by atoms with E-state index in [-0.39, 0.29) is 12.2 Å². The van der Waals surface area contributed by atoms with Crippen LogP contribution in [0.25, 0.3) is 0 Å². The van der Waals surface area contributed by atoms with E-state index >= 15 is 0 Å². The molecule has 1 aliphatic heterocycles. The minimum absolute atomic E-state index is 0.137. The summed E-state index contributed by atoms with van der Waals surface area (Å²) in [7, 11) is 0. The summed E-state index contributed by atoms with van der Waals surface area (Å²) in [6, 6.07) is 8.18. The first kappa shape index (κ1) is 13.4. The van der Waals surface area contributed by atoms with Crippen LogP contribution in [0.5, 0.6) is 0 Å². The molecule has 0 unspecified atom stereocenters. The standard InChI is InChI=1S/C15H14N2O4/c1-9-6-12(16-21-9)14(18)17-8-11-5-3-2-4-10(11)7-13(17)15(19)20/h2-6,13H,7-8H2,1H3,(H,19,20)/t13-/m0/s1. The van der Waals surface area contributed by atoms with Gasteiger partial charge in [-0.3, -0.25) is 4.79 Å². The number of rotatable bonds is 2. The number of hydrogen-bond donors (Lipinski definition) is 1. The fourth-order valence-electron chi connectivity index (χ4n) is 2.57. The van der Waals surface area contributed by atoms with Crippen LogP contribution in [0.2, 0.25) is 0 Å². The number of aliphatic carboxylic acids is 1. The van der Waals surface area contributed by atoms with Crippen molar-refractivity contribution in [1.29, 1.82) is 0 Å². The number of aromatic nitrogens is 1. The lowest BCUT2D eigenvalue weighted by Crippen LogP contribution is -2.48. The zero-order chi connectivity index (χ0) is 15.0. The number of carboxylic acids is 1. The Balaban J connectivity index is 1.96. The molecular formula is C15H14N2O4. The lowest BCUT2D eigenvalue weighted by molar-refractivity contribution is -0.142. The van der Waals surface area contributed by atoms with Gasteiger partial charge in [0.1, 0.15) is 11.8 Å². The Kier molecular flexibility index (Phi) is 3.21. The average molecular weight is 286 g/mol. The van der Waals surface area contributed by atoms with Gasteiger partial charge >= 0.3 is 5.97 Å². The van der Waals surface area contributed by atoms with E-state index in [1.165, 1.54) is 11.0 Å². The van der Waals surface area contributed by atoms with Gasteiger partial charge in [0, 0.05) is 19.0 Å². The van der Waals surface area contributed by atoms with Crippen LogP contribution in [-0.2, 0) is 17.8 Å². The molecule has 2 aromatic rings. The molecule has 0 spiro atoms. The summed E-state index contributed by atoms with van der Waals surface area (Å²) in [5, 5.41) is 13.1. The van der Waals surface area contributed by atoms with Gasteiger partial charge in [0.2, 0.25) is 0 Å². The minimum atomic E-state index is -1.02. The zero-order valence-corrected chi connectivity index (χ0v) is 11.4. The summed E-state index contributed by atoms with van der Waals surface area (Å²) in [6.07, 6.45) is 0.300. The Morgan fingerprint density at radius 1 is 1.33 bits per heavy atom. The molecule has 1 aromatic carbocycles. The van der Waals surface area contributed by atoms with Gasteiger partial charge in [-0.2, -0.15) is 0 Å². The molecule has 0 fully saturated rings. The molecule has 3 rings (SSSR count). The van der Waals surface area contributed by atoms with Crippen LogP contribution in [0, 0.1) is 6.92 Å². The smallest absolute Gasteiger partial charge is 0.326 e. The van der Waals surface area contributed by atoms with Crippen LogP contribution in [0.4, 0.5) is 0 Å². The fourth-order valence-corrected chi connectivity index (χ4v) is 2.57. The quantitative estimate of drug-likeness (QED) is 0.907. The molecule has 2 heterocycles. The van der Waals surface area contributed by atoms with Gasteiger partial charge in [-0.15, -0.1) is 0 Å². The molecule has 0 aliphatic carbocycles. The molecule has 1 amide bonds. The Morgan fingerprint density at radius 2 is 2.05 bits per heavy atom. The number of hydrogen-bond acceptors (Lipinski definition) is 4. The second kappa shape index (κ2) is 5.05. The highest BCUT2D eigenvalue weighted by Crippen LogP contribution is 2.25. The molecule has 6 heteroatoms. The van der Waals surface area contributed by atoms with Crippen LogP contribution in [0.15, 0.2) is 34.9 Å². The molecular weight excluding hydrogens is 272 g/mol. The van der Waals surface area contributed by atoms with Crippen molar-refractivity contribution in [3.8, 4) is 0 Å². The highest BCUT2D eigenvalue weighted by atomic mass is 16.5. The minimum Gasteiger partial charge on any atom is -0.480 e. The summed E-state index contributed by atoms with van der Waals surface area (Å²) < 4.78 is 4.90. The predicted molar refractivity (Wildman–Crippen MR) is 72.7 cm³/mol. The van der Waals surface area contributed by atoms with Crippen LogP contribution in [-0.4, -0.2) is 33.1 Å². The molecule has 0 saturated heterocycles. The molecule has 6 nitrogen and oxygen atoms in total. The maximum Gasteiger partial charge on any atom is 0.326 e. The van der Waals surface area contributed by atoms with Gasteiger partial charge < -0.3 is 14.5 Å². The van der Waals surface area contributed by atoms with Gasteiger partial charge in [-0.05, 0) is 18.1 Å². The number of fused-ring (bicyclic) bond motifs is 1. The first-order chi connectivity index (χ1) is 10.1. The first-order valence-corrected chi connectivity index (χ1v) is 6.60. The molecule has 0 radical (unpaired) electrons. The third kappa shape index (κ3) is 2.40. The second-order valence-electron chi connectivity index (χ2n) is 5.08. The Hall–Kier alpha value is -2.63. The van der Waals surface area contributed by atoms with E-state index < -0.39 is 17.9 Å². The van der Waals surface area contributed by atoms with Crippen LogP contribution in [0.1, 0.15) is 27.4 Å². The predicted octanol–water partition coefficient (Wildman–Crippen LogP) is 1.63. The first-order valence-electron chi connectivity index (χ1n) is 6.60. The number of carboxylic acid groups (broad SMARTS) is 1. The molecule has 108 valence electrons. The van der Waals surface area contributed by atoms with E-state index in [9.17, 15) is 14.7 Å². The van der Waals surface area contributed by atoms with E-state index in [4.69, 9.17) is 4.52 Å². The van der Waals surface area contributed by atoms with Crippen molar-refractivity contribution >= 4 is 11.9 Å². The molecule has 0 bridgehead atoms. The highest BCUT2D eigenvalue weighted by Gasteiger charge is 2.35.